The number of aliphatic imine (C=N–C) groups is 2. The summed E-state index contributed by atoms with van der Waals surface area (Å²) in [7, 11) is 0. The Hall–Kier alpha value is -3.79. The summed E-state index contributed by atoms with van der Waals surface area (Å²) >= 11 is 0. The molecule has 1 aliphatic heterocycles. The van der Waals surface area contributed by atoms with Crippen LogP contribution in [0.2, 0.25) is 0 Å². The van der Waals surface area contributed by atoms with Crippen molar-refractivity contribution >= 4 is 12.1 Å². The minimum atomic E-state index is 0.478. The van der Waals surface area contributed by atoms with Gasteiger partial charge in [-0.1, -0.05) is 67.3 Å². The Balaban J connectivity index is 1.76. The molecule has 1 aliphatic rings. The number of aryl methyl sites for hydroxylation is 1. The van der Waals surface area contributed by atoms with Crippen LogP contribution >= 0.6 is 0 Å². The highest BCUT2D eigenvalue weighted by molar-refractivity contribution is 6.07. The van der Waals surface area contributed by atoms with E-state index in [1.807, 2.05) is 30.5 Å². The number of hydrogen-bond donors (Lipinski definition) is 1. The fourth-order valence-corrected chi connectivity index (χ4v) is 3.60. The number of nitrogens with one attached hydrogen (secondary N) is 1. The fraction of sp³-hybridized carbons (Fsp3) is 0.148. The highest BCUT2D eigenvalue weighted by Gasteiger charge is 2.16. The molecule has 1 N–H and O–H groups in total. The Morgan fingerprint density at radius 2 is 1.87 bits per heavy atom. The molecular formula is C27H26N4. The lowest BCUT2D eigenvalue weighted by Gasteiger charge is -2.19. The molecule has 4 heteroatoms. The van der Waals surface area contributed by atoms with E-state index in [2.05, 4.69) is 77.3 Å². The number of pyridine rings is 1. The molecule has 0 radical (unpaired) electrons. The second-order valence-electron chi connectivity index (χ2n) is 7.44. The standard InChI is InChI=1S/C27H26N4/c1-20-10-8-15-25(22-11-4-3-5-12-22)26(20)27(30-19-24-14-6-7-17-29-24)31-21(2)23-13-9-16-28-18-23/h3-8,10-15,17-18H,2,9,16,19H2,1H3,(H,30,31). The second-order valence-corrected chi connectivity index (χ2v) is 7.44. The molecule has 4 rings (SSSR count). The lowest BCUT2D eigenvalue weighted by Crippen LogP contribution is -2.27. The van der Waals surface area contributed by atoms with Crippen LogP contribution in [0.1, 0.15) is 23.2 Å². The zero-order valence-corrected chi connectivity index (χ0v) is 17.8. The Kier molecular flexibility index (Phi) is 6.48. The molecule has 0 fully saturated rings. The average molecular weight is 407 g/mol. The normalized spacial score (nSPS) is 13.6. The third-order valence-corrected chi connectivity index (χ3v) is 5.19. The maximum atomic E-state index is 4.96. The van der Waals surface area contributed by atoms with Crippen molar-refractivity contribution in [1.29, 1.82) is 0 Å². The zero-order valence-electron chi connectivity index (χ0n) is 17.8. The van der Waals surface area contributed by atoms with E-state index in [9.17, 15) is 0 Å². The second kappa shape index (κ2) is 9.81. The van der Waals surface area contributed by atoms with Gasteiger partial charge in [-0.05, 0) is 42.2 Å². The van der Waals surface area contributed by atoms with Gasteiger partial charge in [0.15, 0.2) is 0 Å². The van der Waals surface area contributed by atoms with Gasteiger partial charge in [0, 0.05) is 35.8 Å². The number of nitrogens with zero attached hydrogens (tertiary/aromatic N) is 3. The summed E-state index contributed by atoms with van der Waals surface area (Å²) in [5.74, 6) is 0.785. The van der Waals surface area contributed by atoms with Gasteiger partial charge in [-0.2, -0.15) is 0 Å². The van der Waals surface area contributed by atoms with Gasteiger partial charge in [0.25, 0.3) is 0 Å². The van der Waals surface area contributed by atoms with Crippen molar-refractivity contribution in [3.8, 4) is 11.1 Å². The highest BCUT2D eigenvalue weighted by Crippen LogP contribution is 2.27. The Morgan fingerprint density at radius 1 is 1.03 bits per heavy atom. The van der Waals surface area contributed by atoms with E-state index < -0.39 is 0 Å². The average Bonchev–Trinajstić information content (AvgIpc) is 2.83. The van der Waals surface area contributed by atoms with E-state index in [0.29, 0.717) is 6.54 Å². The lowest BCUT2D eigenvalue weighted by atomic mass is 9.94. The number of amidine groups is 1. The first-order chi connectivity index (χ1) is 15.2. The van der Waals surface area contributed by atoms with Gasteiger partial charge in [-0.15, -0.1) is 0 Å². The van der Waals surface area contributed by atoms with Gasteiger partial charge in [0.1, 0.15) is 5.84 Å². The molecule has 0 saturated heterocycles. The topological polar surface area (TPSA) is 49.6 Å². The molecule has 31 heavy (non-hydrogen) atoms. The van der Waals surface area contributed by atoms with Crippen LogP contribution < -0.4 is 5.32 Å². The molecule has 154 valence electrons. The number of hydrogen-bond acceptors (Lipinski definition) is 3. The third kappa shape index (κ3) is 5.04. The van der Waals surface area contributed by atoms with E-state index in [1.54, 1.807) is 6.20 Å². The van der Waals surface area contributed by atoms with Crippen molar-refractivity contribution < 1.29 is 0 Å². The summed E-state index contributed by atoms with van der Waals surface area (Å²) in [6.07, 6.45) is 6.76. The van der Waals surface area contributed by atoms with E-state index in [1.165, 1.54) is 0 Å². The zero-order chi connectivity index (χ0) is 21.5. The molecule has 2 aromatic carbocycles. The SMILES string of the molecule is C=C(NC(=NCc1ccccn1)c1c(C)cccc1-c1ccccc1)C1=CCCN=C1. The smallest absolute Gasteiger partial charge is 0.134 e. The molecule has 3 aromatic rings. The van der Waals surface area contributed by atoms with Gasteiger partial charge in [-0.25, -0.2) is 0 Å². The van der Waals surface area contributed by atoms with E-state index in [-0.39, 0.29) is 0 Å². The van der Waals surface area contributed by atoms with Crippen molar-refractivity contribution in [2.24, 2.45) is 9.98 Å². The molecule has 0 unspecified atom stereocenters. The van der Waals surface area contributed by atoms with Crippen LogP contribution in [0.4, 0.5) is 0 Å². The molecule has 0 aliphatic carbocycles. The first-order valence-corrected chi connectivity index (χ1v) is 10.5. The molecule has 0 bridgehead atoms. The first kappa shape index (κ1) is 20.5. The monoisotopic (exact) mass is 406 g/mol. The van der Waals surface area contributed by atoms with Gasteiger partial charge in [0.05, 0.1) is 12.2 Å². The number of dihydropyridines is 1. The Morgan fingerprint density at radius 3 is 2.61 bits per heavy atom. The van der Waals surface area contributed by atoms with Gasteiger partial charge >= 0.3 is 0 Å². The van der Waals surface area contributed by atoms with Crippen LogP contribution in [0.15, 0.2) is 107 Å². The Bertz CT molecular complexity index is 1140. The molecule has 4 nitrogen and oxygen atoms in total. The van der Waals surface area contributed by atoms with Crippen LogP contribution in [0.3, 0.4) is 0 Å². The van der Waals surface area contributed by atoms with E-state index in [4.69, 9.17) is 4.99 Å². The number of benzene rings is 2. The van der Waals surface area contributed by atoms with Crippen LogP contribution in [0, 0.1) is 6.92 Å². The summed E-state index contributed by atoms with van der Waals surface area (Å²) < 4.78 is 0. The number of rotatable bonds is 6. The van der Waals surface area contributed by atoms with Crippen molar-refractivity contribution in [3.05, 3.63) is 114 Å². The molecule has 1 aromatic heterocycles. The maximum absolute atomic E-state index is 4.96. The number of aromatic nitrogens is 1. The van der Waals surface area contributed by atoms with Crippen LogP contribution in [0.5, 0.6) is 0 Å². The van der Waals surface area contributed by atoms with Crippen molar-refractivity contribution in [2.75, 3.05) is 6.54 Å². The fourth-order valence-electron chi connectivity index (χ4n) is 3.60. The van der Waals surface area contributed by atoms with Crippen LogP contribution in [-0.2, 0) is 6.54 Å². The summed E-state index contributed by atoms with van der Waals surface area (Å²) in [4.78, 5) is 13.8. The quantitative estimate of drug-likeness (QED) is 0.434. The van der Waals surface area contributed by atoms with Crippen LogP contribution in [-0.4, -0.2) is 23.6 Å². The summed E-state index contributed by atoms with van der Waals surface area (Å²) in [5, 5.41) is 3.49. The third-order valence-electron chi connectivity index (χ3n) is 5.19. The van der Waals surface area contributed by atoms with E-state index in [0.717, 1.165) is 58.0 Å². The minimum absolute atomic E-state index is 0.478. The van der Waals surface area contributed by atoms with Crippen molar-refractivity contribution in [3.63, 3.8) is 0 Å². The molecule has 2 heterocycles. The molecular weight excluding hydrogens is 380 g/mol. The largest absolute Gasteiger partial charge is 0.340 e. The number of allylic oxidation sites excluding steroid dienone is 1. The van der Waals surface area contributed by atoms with E-state index >= 15 is 0 Å². The highest BCUT2D eigenvalue weighted by atomic mass is 15.0. The van der Waals surface area contributed by atoms with Gasteiger partial charge in [0.2, 0.25) is 0 Å². The summed E-state index contributed by atoms with van der Waals surface area (Å²) in [6, 6.07) is 22.6. The molecule has 0 saturated carbocycles. The molecule has 0 atom stereocenters. The molecule has 0 amide bonds. The summed E-state index contributed by atoms with van der Waals surface area (Å²) in [5.41, 5.74) is 7.22. The summed E-state index contributed by atoms with van der Waals surface area (Å²) in [6.45, 7) is 7.68. The predicted octanol–water partition coefficient (Wildman–Crippen LogP) is 5.51. The maximum Gasteiger partial charge on any atom is 0.134 e. The van der Waals surface area contributed by atoms with Crippen molar-refractivity contribution in [1.82, 2.24) is 10.3 Å². The van der Waals surface area contributed by atoms with Gasteiger partial charge < -0.3 is 5.32 Å². The van der Waals surface area contributed by atoms with Gasteiger partial charge in [-0.3, -0.25) is 15.0 Å². The Labute approximate surface area is 183 Å². The lowest BCUT2D eigenvalue weighted by molar-refractivity contribution is 0.961. The minimum Gasteiger partial charge on any atom is -0.340 e. The van der Waals surface area contributed by atoms with Crippen molar-refractivity contribution in [2.45, 2.75) is 19.9 Å². The first-order valence-electron chi connectivity index (χ1n) is 10.5. The van der Waals surface area contributed by atoms with Crippen LogP contribution in [0.25, 0.3) is 11.1 Å². The molecule has 0 spiro atoms. The predicted molar refractivity (Wildman–Crippen MR) is 129 cm³/mol.